The summed E-state index contributed by atoms with van der Waals surface area (Å²) in [5.74, 6) is 0.610. The summed E-state index contributed by atoms with van der Waals surface area (Å²) >= 11 is 0. The lowest BCUT2D eigenvalue weighted by Gasteiger charge is -2.10. The van der Waals surface area contributed by atoms with E-state index in [-0.39, 0.29) is 0 Å². The lowest BCUT2D eigenvalue weighted by Crippen LogP contribution is -2.17. The Morgan fingerprint density at radius 2 is 2.17 bits per heavy atom. The van der Waals surface area contributed by atoms with Crippen LogP contribution >= 0.6 is 0 Å². The monoisotopic (exact) mass is 330 g/mol. The Labute approximate surface area is 141 Å². The summed E-state index contributed by atoms with van der Waals surface area (Å²) < 4.78 is 4.71. The molecule has 0 aliphatic carbocycles. The Bertz CT molecular complexity index is 677. The number of carbonyl (C=O) groups excluding carboxylic acids is 1. The average molecular weight is 330 g/mol. The smallest absolute Gasteiger partial charge is 0.337 e. The number of esters is 1. The first kappa shape index (κ1) is 17.6. The van der Waals surface area contributed by atoms with Crippen LogP contribution in [0.15, 0.2) is 30.5 Å². The predicted octanol–water partition coefficient (Wildman–Crippen LogP) is 1.77. The van der Waals surface area contributed by atoms with Crippen molar-refractivity contribution < 1.29 is 9.53 Å². The number of methoxy groups -OCH3 is 1. The summed E-state index contributed by atoms with van der Waals surface area (Å²) in [5, 5.41) is 14.1. The van der Waals surface area contributed by atoms with Gasteiger partial charge in [0.05, 0.1) is 18.9 Å². The molecule has 8 nitrogen and oxygen atoms in total. The number of anilines is 3. The Morgan fingerprint density at radius 3 is 2.92 bits per heavy atom. The molecule has 8 heteroatoms. The second-order valence-electron chi connectivity index (χ2n) is 5.45. The highest BCUT2D eigenvalue weighted by atomic mass is 16.5. The molecule has 0 fully saturated rings. The molecule has 0 aliphatic rings. The summed E-state index contributed by atoms with van der Waals surface area (Å²) in [6.07, 6.45) is 2.58. The van der Waals surface area contributed by atoms with Crippen LogP contribution in [0.1, 0.15) is 16.8 Å². The van der Waals surface area contributed by atoms with E-state index in [4.69, 9.17) is 4.74 Å². The van der Waals surface area contributed by atoms with Gasteiger partial charge < -0.3 is 20.3 Å². The second-order valence-corrected chi connectivity index (χ2v) is 5.45. The lowest BCUT2D eigenvalue weighted by molar-refractivity contribution is 0.0601. The zero-order chi connectivity index (χ0) is 17.4. The van der Waals surface area contributed by atoms with Crippen LogP contribution in [-0.4, -0.2) is 60.3 Å². The minimum absolute atomic E-state index is 0.356. The van der Waals surface area contributed by atoms with Crippen molar-refractivity contribution in [1.29, 1.82) is 0 Å². The highest BCUT2D eigenvalue weighted by molar-refractivity contribution is 5.90. The molecule has 2 N–H and O–H groups in total. The van der Waals surface area contributed by atoms with Crippen LogP contribution in [0.4, 0.5) is 17.5 Å². The van der Waals surface area contributed by atoms with Gasteiger partial charge in [-0.3, -0.25) is 0 Å². The fourth-order valence-corrected chi connectivity index (χ4v) is 2.02. The third-order valence-electron chi connectivity index (χ3n) is 3.19. The van der Waals surface area contributed by atoms with Gasteiger partial charge in [-0.2, -0.15) is 10.1 Å². The van der Waals surface area contributed by atoms with Gasteiger partial charge in [-0.25, -0.2) is 4.79 Å². The lowest BCUT2D eigenvalue weighted by atomic mass is 10.2. The Balaban J connectivity index is 1.98. The number of aromatic nitrogens is 3. The van der Waals surface area contributed by atoms with Crippen molar-refractivity contribution in [3.63, 3.8) is 0 Å². The molecule has 0 saturated carbocycles. The number of hydrogen-bond acceptors (Lipinski definition) is 8. The number of rotatable bonds is 8. The third kappa shape index (κ3) is 5.47. The first-order valence-electron chi connectivity index (χ1n) is 7.62. The van der Waals surface area contributed by atoms with Gasteiger partial charge in [-0.05, 0) is 45.3 Å². The first-order valence-corrected chi connectivity index (χ1v) is 7.62. The number of ether oxygens (including phenoxy) is 1. The molecule has 0 amide bonds. The van der Waals surface area contributed by atoms with Crippen molar-refractivity contribution in [1.82, 2.24) is 20.1 Å². The van der Waals surface area contributed by atoms with E-state index in [1.807, 2.05) is 20.2 Å². The molecule has 0 bridgehead atoms. The molecule has 1 aromatic carbocycles. The summed E-state index contributed by atoms with van der Waals surface area (Å²) in [7, 11) is 5.42. The van der Waals surface area contributed by atoms with Crippen molar-refractivity contribution in [2.45, 2.75) is 6.42 Å². The topological polar surface area (TPSA) is 92.3 Å². The summed E-state index contributed by atoms with van der Waals surface area (Å²) in [6, 6.07) is 6.92. The fraction of sp³-hybridized carbons (Fsp3) is 0.375. The van der Waals surface area contributed by atoms with Crippen LogP contribution < -0.4 is 10.6 Å². The Morgan fingerprint density at radius 1 is 1.33 bits per heavy atom. The maximum Gasteiger partial charge on any atom is 0.337 e. The molecule has 0 spiro atoms. The molecule has 24 heavy (non-hydrogen) atoms. The summed E-state index contributed by atoms with van der Waals surface area (Å²) in [5.41, 5.74) is 1.14. The van der Waals surface area contributed by atoms with E-state index in [9.17, 15) is 4.79 Å². The zero-order valence-corrected chi connectivity index (χ0v) is 14.1. The molecule has 1 aromatic heterocycles. The van der Waals surface area contributed by atoms with Gasteiger partial charge in [0.1, 0.15) is 0 Å². The maximum absolute atomic E-state index is 11.6. The molecule has 0 atom stereocenters. The molecule has 1 heterocycles. The SMILES string of the molecule is COC(=O)c1cccc(Nc2nncc(NCCCN(C)C)n2)c1. The number of nitrogens with zero attached hydrogens (tertiary/aromatic N) is 4. The average Bonchev–Trinajstić information content (AvgIpc) is 2.58. The maximum atomic E-state index is 11.6. The van der Waals surface area contributed by atoms with E-state index in [1.165, 1.54) is 7.11 Å². The highest BCUT2D eigenvalue weighted by Crippen LogP contribution is 2.15. The van der Waals surface area contributed by atoms with Gasteiger partial charge in [0.2, 0.25) is 5.95 Å². The largest absolute Gasteiger partial charge is 0.465 e. The zero-order valence-electron chi connectivity index (χ0n) is 14.1. The Kier molecular flexibility index (Phi) is 6.44. The van der Waals surface area contributed by atoms with Gasteiger partial charge in [0.15, 0.2) is 5.82 Å². The van der Waals surface area contributed by atoms with Crippen molar-refractivity contribution >= 4 is 23.4 Å². The quantitative estimate of drug-likeness (QED) is 0.559. The molecule has 0 radical (unpaired) electrons. The fourth-order valence-electron chi connectivity index (χ4n) is 2.02. The number of nitrogens with one attached hydrogen (secondary N) is 2. The number of benzene rings is 1. The van der Waals surface area contributed by atoms with Gasteiger partial charge in [-0.1, -0.05) is 6.07 Å². The van der Waals surface area contributed by atoms with Crippen molar-refractivity contribution in [2.75, 3.05) is 44.9 Å². The molecular weight excluding hydrogens is 308 g/mol. The molecule has 0 saturated heterocycles. The number of carbonyl (C=O) groups is 1. The molecule has 128 valence electrons. The van der Waals surface area contributed by atoms with Crippen LogP contribution in [0, 0.1) is 0 Å². The molecule has 2 rings (SSSR count). The standard InChI is InChI=1S/C16H22N6O2/c1-22(2)9-5-8-17-14-11-18-21-16(20-14)19-13-7-4-6-12(10-13)15(23)24-3/h4,6-7,10-11H,5,8-9H2,1-3H3,(H2,17,19,20,21). The van der Waals surface area contributed by atoms with Crippen LogP contribution in [0.5, 0.6) is 0 Å². The van der Waals surface area contributed by atoms with E-state index in [2.05, 4.69) is 30.7 Å². The minimum Gasteiger partial charge on any atom is -0.465 e. The van der Waals surface area contributed by atoms with Crippen molar-refractivity contribution in [2.24, 2.45) is 0 Å². The first-order chi connectivity index (χ1) is 11.6. The third-order valence-corrected chi connectivity index (χ3v) is 3.19. The van der Waals surface area contributed by atoms with Crippen LogP contribution in [0.2, 0.25) is 0 Å². The van der Waals surface area contributed by atoms with E-state index in [0.29, 0.717) is 23.0 Å². The van der Waals surface area contributed by atoms with Gasteiger partial charge >= 0.3 is 5.97 Å². The minimum atomic E-state index is -0.394. The van der Waals surface area contributed by atoms with Gasteiger partial charge in [-0.15, -0.1) is 5.10 Å². The normalized spacial score (nSPS) is 10.5. The number of hydrogen-bond donors (Lipinski definition) is 2. The van der Waals surface area contributed by atoms with Gasteiger partial charge in [0.25, 0.3) is 0 Å². The summed E-state index contributed by atoms with van der Waals surface area (Å²) in [6.45, 7) is 1.80. The van der Waals surface area contributed by atoms with E-state index < -0.39 is 5.97 Å². The summed E-state index contributed by atoms with van der Waals surface area (Å²) in [4.78, 5) is 18.0. The highest BCUT2D eigenvalue weighted by Gasteiger charge is 2.07. The van der Waals surface area contributed by atoms with E-state index in [0.717, 1.165) is 19.5 Å². The molecule has 2 aromatic rings. The van der Waals surface area contributed by atoms with Gasteiger partial charge in [0, 0.05) is 12.2 Å². The van der Waals surface area contributed by atoms with E-state index in [1.54, 1.807) is 24.4 Å². The molecular formula is C16H22N6O2. The van der Waals surface area contributed by atoms with Crippen molar-refractivity contribution in [3.05, 3.63) is 36.0 Å². The van der Waals surface area contributed by atoms with Crippen molar-refractivity contribution in [3.8, 4) is 0 Å². The van der Waals surface area contributed by atoms with Crippen LogP contribution in [0.25, 0.3) is 0 Å². The molecule has 0 unspecified atom stereocenters. The molecule has 0 aliphatic heterocycles. The van der Waals surface area contributed by atoms with E-state index >= 15 is 0 Å². The second kappa shape index (κ2) is 8.78. The predicted molar refractivity (Wildman–Crippen MR) is 92.6 cm³/mol. The van der Waals surface area contributed by atoms with Crippen LogP contribution in [-0.2, 0) is 4.74 Å². The van der Waals surface area contributed by atoms with Crippen LogP contribution in [0.3, 0.4) is 0 Å². The Hall–Kier alpha value is -2.74.